The summed E-state index contributed by atoms with van der Waals surface area (Å²) in [6.07, 6.45) is 5.75. The van der Waals surface area contributed by atoms with Crippen LogP contribution < -0.4 is 4.74 Å². The molecule has 0 spiro atoms. The van der Waals surface area contributed by atoms with Gasteiger partial charge in [0.15, 0.2) is 0 Å². The summed E-state index contributed by atoms with van der Waals surface area (Å²) < 4.78 is 10.8. The predicted molar refractivity (Wildman–Crippen MR) is 149 cm³/mol. The first kappa shape index (κ1) is 20.1. The van der Waals surface area contributed by atoms with Gasteiger partial charge in [0, 0.05) is 46.2 Å². The first-order chi connectivity index (χ1) is 18.3. The Morgan fingerprint density at radius 1 is 0.514 bits per heavy atom. The Hall–Kier alpha value is -5.16. The Morgan fingerprint density at radius 3 is 2.14 bits per heavy atom. The van der Waals surface area contributed by atoms with Gasteiger partial charge in [-0.2, -0.15) is 0 Å². The van der Waals surface area contributed by atoms with Gasteiger partial charge in [-0.25, -0.2) is 4.98 Å². The fourth-order valence-electron chi connectivity index (χ4n) is 5.50. The van der Waals surface area contributed by atoms with E-state index in [4.69, 9.17) is 9.72 Å². The molecule has 8 aromatic rings. The number of aromatic nitrogens is 4. The van der Waals surface area contributed by atoms with Crippen LogP contribution in [0.15, 0.2) is 122 Å². The highest BCUT2D eigenvalue weighted by atomic mass is 16.5. The summed E-state index contributed by atoms with van der Waals surface area (Å²) in [6.45, 7) is 0. The number of rotatable bonds is 3. The molecule has 3 aromatic carbocycles. The summed E-state index contributed by atoms with van der Waals surface area (Å²) in [6, 6.07) is 35.2. The standard InChI is InChI=1S/C32H20N4O/c1-2-8-28-23(7-1)24-14-13-22(20-30(24)36(28)31-11-3-4-16-33-31)37-21-12-15-25-26(19-21)32-29(9-5-17-34-32)35-18-6-10-27(25)35/h1-20H. The maximum atomic E-state index is 6.46. The van der Waals surface area contributed by atoms with Crippen LogP contribution in [0.3, 0.4) is 0 Å². The Kier molecular flexibility index (Phi) is 4.16. The third-order valence-electron chi connectivity index (χ3n) is 7.08. The van der Waals surface area contributed by atoms with Crippen molar-refractivity contribution in [2.45, 2.75) is 0 Å². The second-order valence-corrected chi connectivity index (χ2v) is 9.16. The molecule has 5 nitrogen and oxygen atoms in total. The average Bonchev–Trinajstić information content (AvgIpc) is 3.57. The largest absolute Gasteiger partial charge is 0.457 e. The molecule has 5 aromatic heterocycles. The van der Waals surface area contributed by atoms with Crippen LogP contribution in [-0.2, 0) is 0 Å². The minimum atomic E-state index is 0.771. The van der Waals surface area contributed by atoms with Gasteiger partial charge in [0.05, 0.1) is 27.6 Å². The molecule has 0 saturated heterocycles. The number of hydrogen-bond acceptors (Lipinski definition) is 3. The van der Waals surface area contributed by atoms with Crippen molar-refractivity contribution < 1.29 is 4.74 Å². The van der Waals surface area contributed by atoms with E-state index in [0.717, 1.165) is 61.1 Å². The van der Waals surface area contributed by atoms with E-state index in [-0.39, 0.29) is 0 Å². The maximum absolute atomic E-state index is 6.46. The Labute approximate surface area is 211 Å². The van der Waals surface area contributed by atoms with Gasteiger partial charge < -0.3 is 9.14 Å². The fraction of sp³-hybridized carbons (Fsp3) is 0. The zero-order chi connectivity index (χ0) is 24.3. The molecule has 0 radical (unpaired) electrons. The molecule has 0 bridgehead atoms. The van der Waals surface area contributed by atoms with E-state index in [2.05, 4.69) is 86.9 Å². The first-order valence-corrected chi connectivity index (χ1v) is 12.3. The van der Waals surface area contributed by atoms with Crippen LogP contribution in [-0.4, -0.2) is 18.9 Å². The van der Waals surface area contributed by atoms with Crippen LogP contribution in [0.25, 0.3) is 54.9 Å². The van der Waals surface area contributed by atoms with Crippen LogP contribution in [0.4, 0.5) is 0 Å². The molecule has 0 unspecified atom stereocenters. The molecule has 0 saturated carbocycles. The van der Waals surface area contributed by atoms with Crippen molar-refractivity contribution >= 4 is 49.1 Å². The van der Waals surface area contributed by atoms with Crippen molar-refractivity contribution in [3.05, 3.63) is 122 Å². The van der Waals surface area contributed by atoms with Crippen LogP contribution >= 0.6 is 0 Å². The fourth-order valence-corrected chi connectivity index (χ4v) is 5.50. The van der Waals surface area contributed by atoms with Crippen LogP contribution in [0.1, 0.15) is 0 Å². The topological polar surface area (TPSA) is 44.4 Å². The number of fused-ring (bicyclic) bond motifs is 9. The lowest BCUT2D eigenvalue weighted by molar-refractivity contribution is 0.484. The third kappa shape index (κ3) is 2.98. The average molecular weight is 477 g/mol. The first-order valence-electron chi connectivity index (χ1n) is 12.3. The zero-order valence-electron chi connectivity index (χ0n) is 19.7. The molecule has 5 heterocycles. The van der Waals surface area contributed by atoms with E-state index in [9.17, 15) is 0 Å². The molecule has 0 atom stereocenters. The zero-order valence-corrected chi connectivity index (χ0v) is 19.7. The lowest BCUT2D eigenvalue weighted by atomic mass is 10.1. The van der Waals surface area contributed by atoms with E-state index in [0.29, 0.717) is 0 Å². The van der Waals surface area contributed by atoms with E-state index < -0.39 is 0 Å². The summed E-state index contributed by atoms with van der Waals surface area (Å²) in [7, 11) is 0. The number of para-hydroxylation sites is 1. The summed E-state index contributed by atoms with van der Waals surface area (Å²) in [5.41, 5.74) is 5.36. The van der Waals surface area contributed by atoms with Crippen molar-refractivity contribution in [2.24, 2.45) is 0 Å². The molecule has 37 heavy (non-hydrogen) atoms. The molecule has 0 fully saturated rings. The van der Waals surface area contributed by atoms with Gasteiger partial charge >= 0.3 is 0 Å². The van der Waals surface area contributed by atoms with Crippen molar-refractivity contribution in [1.82, 2.24) is 18.9 Å². The van der Waals surface area contributed by atoms with E-state index in [1.54, 1.807) is 0 Å². The predicted octanol–water partition coefficient (Wildman–Crippen LogP) is 7.93. The van der Waals surface area contributed by atoms with Crippen LogP contribution in [0.5, 0.6) is 11.5 Å². The second kappa shape index (κ2) is 7.67. The molecule has 0 amide bonds. The smallest absolute Gasteiger partial charge is 0.137 e. The molecule has 8 rings (SSSR count). The summed E-state index contributed by atoms with van der Waals surface area (Å²) >= 11 is 0. The monoisotopic (exact) mass is 476 g/mol. The summed E-state index contributed by atoms with van der Waals surface area (Å²) in [5, 5.41) is 4.57. The number of pyridine rings is 3. The minimum Gasteiger partial charge on any atom is -0.457 e. The van der Waals surface area contributed by atoms with Crippen molar-refractivity contribution in [3.8, 4) is 17.3 Å². The van der Waals surface area contributed by atoms with Crippen molar-refractivity contribution in [1.29, 1.82) is 0 Å². The van der Waals surface area contributed by atoms with Crippen LogP contribution in [0.2, 0.25) is 0 Å². The minimum absolute atomic E-state index is 0.771. The van der Waals surface area contributed by atoms with Gasteiger partial charge in [-0.05, 0) is 72.8 Å². The lowest BCUT2D eigenvalue weighted by Gasteiger charge is -2.12. The molecule has 0 aliphatic carbocycles. The maximum Gasteiger partial charge on any atom is 0.137 e. The van der Waals surface area contributed by atoms with Gasteiger partial charge in [0.2, 0.25) is 0 Å². The van der Waals surface area contributed by atoms with Gasteiger partial charge in [0.1, 0.15) is 17.3 Å². The molecule has 5 heteroatoms. The number of hydrogen-bond donors (Lipinski definition) is 0. The van der Waals surface area contributed by atoms with Crippen molar-refractivity contribution in [3.63, 3.8) is 0 Å². The van der Waals surface area contributed by atoms with Crippen LogP contribution in [0, 0.1) is 0 Å². The number of benzene rings is 3. The molecule has 0 aliphatic rings. The molecule has 0 N–H and O–H groups in total. The van der Waals surface area contributed by atoms with E-state index >= 15 is 0 Å². The van der Waals surface area contributed by atoms with Gasteiger partial charge in [-0.15, -0.1) is 0 Å². The SMILES string of the molecule is c1ccc(-n2c3ccccc3c3ccc(Oc4ccc5c(c4)c4ncccc4n4cccc54)cc32)nc1. The van der Waals surface area contributed by atoms with Gasteiger partial charge in [0.25, 0.3) is 0 Å². The lowest BCUT2D eigenvalue weighted by Crippen LogP contribution is -1.96. The molecule has 174 valence electrons. The quantitative estimate of drug-likeness (QED) is 0.243. The van der Waals surface area contributed by atoms with E-state index in [1.165, 1.54) is 5.39 Å². The Balaban J connectivity index is 1.31. The normalized spacial score (nSPS) is 11.8. The highest BCUT2D eigenvalue weighted by molar-refractivity contribution is 6.11. The molecule has 0 aliphatic heterocycles. The summed E-state index contributed by atoms with van der Waals surface area (Å²) in [5.74, 6) is 2.42. The van der Waals surface area contributed by atoms with Gasteiger partial charge in [-0.3, -0.25) is 9.55 Å². The highest BCUT2D eigenvalue weighted by Crippen LogP contribution is 2.36. The third-order valence-corrected chi connectivity index (χ3v) is 7.08. The summed E-state index contributed by atoms with van der Waals surface area (Å²) in [4.78, 5) is 9.34. The molecular formula is C32H20N4O. The highest BCUT2D eigenvalue weighted by Gasteiger charge is 2.15. The second-order valence-electron chi connectivity index (χ2n) is 9.16. The van der Waals surface area contributed by atoms with Crippen molar-refractivity contribution in [2.75, 3.05) is 0 Å². The Bertz CT molecular complexity index is 2120. The number of ether oxygens (including phenoxy) is 1. The molecular weight excluding hydrogens is 456 g/mol. The van der Waals surface area contributed by atoms with E-state index in [1.807, 2.05) is 48.8 Å². The Morgan fingerprint density at radius 2 is 1.24 bits per heavy atom. The van der Waals surface area contributed by atoms with Gasteiger partial charge in [-0.1, -0.05) is 24.3 Å². The number of nitrogens with zero attached hydrogens (tertiary/aromatic N) is 4.